The number of hydrogen-bond donors (Lipinski definition) is 1. The summed E-state index contributed by atoms with van der Waals surface area (Å²) in [5, 5.41) is 2.02. The van der Waals surface area contributed by atoms with Gasteiger partial charge in [0.15, 0.2) is 5.29 Å². The third-order valence-corrected chi connectivity index (χ3v) is 1.81. The van der Waals surface area contributed by atoms with Crippen LogP contribution in [0.4, 0.5) is 0 Å². The molecule has 1 aliphatic heterocycles. The average Bonchev–Trinajstić information content (AvgIpc) is 1.88. The molecule has 0 saturated carbocycles. The summed E-state index contributed by atoms with van der Waals surface area (Å²) in [4.78, 5) is 7.76. The molecule has 0 amide bonds. The SMILES string of the molecule is CCC1(Cl)N=CNC(Cl)=N1. The highest BCUT2D eigenvalue weighted by Crippen LogP contribution is 2.24. The Morgan fingerprint density at radius 2 is 2.50 bits per heavy atom. The molecule has 0 radical (unpaired) electrons. The number of halogens is 2. The number of amidine groups is 1. The van der Waals surface area contributed by atoms with Crippen molar-refractivity contribution in [2.75, 3.05) is 0 Å². The fourth-order valence-electron chi connectivity index (χ4n) is 0.566. The van der Waals surface area contributed by atoms with Crippen LogP contribution in [-0.4, -0.2) is 16.8 Å². The predicted molar refractivity (Wildman–Crippen MR) is 43.8 cm³/mol. The molecule has 56 valence electrons. The lowest BCUT2D eigenvalue weighted by atomic mass is 10.4. The number of alkyl halides is 1. The monoisotopic (exact) mass is 179 g/mol. The minimum atomic E-state index is -0.873. The van der Waals surface area contributed by atoms with E-state index >= 15 is 0 Å². The van der Waals surface area contributed by atoms with Crippen LogP contribution in [0.1, 0.15) is 13.3 Å². The van der Waals surface area contributed by atoms with E-state index in [1.807, 2.05) is 6.92 Å². The van der Waals surface area contributed by atoms with Crippen molar-refractivity contribution in [3.8, 4) is 0 Å². The van der Waals surface area contributed by atoms with Gasteiger partial charge in [0, 0.05) is 6.42 Å². The summed E-state index contributed by atoms with van der Waals surface area (Å²) in [6.45, 7) is 1.89. The van der Waals surface area contributed by atoms with Crippen molar-refractivity contribution >= 4 is 34.8 Å². The Morgan fingerprint density at radius 1 is 1.80 bits per heavy atom. The Kier molecular flexibility index (Phi) is 2.16. The zero-order chi connectivity index (χ0) is 7.61. The molecule has 3 nitrogen and oxygen atoms in total. The molecule has 0 saturated heterocycles. The van der Waals surface area contributed by atoms with Crippen molar-refractivity contribution in [3.05, 3.63) is 0 Å². The fourth-order valence-corrected chi connectivity index (χ4v) is 0.932. The fraction of sp³-hybridized carbons (Fsp3) is 0.600. The lowest BCUT2D eigenvalue weighted by Crippen LogP contribution is -2.29. The van der Waals surface area contributed by atoms with Crippen LogP contribution in [0.25, 0.3) is 0 Å². The first-order chi connectivity index (χ1) is 4.66. The van der Waals surface area contributed by atoms with E-state index in [0.717, 1.165) is 0 Å². The molecule has 1 heterocycles. The Labute approximate surface area is 69.1 Å². The van der Waals surface area contributed by atoms with Gasteiger partial charge in [0.25, 0.3) is 0 Å². The lowest BCUT2D eigenvalue weighted by Gasteiger charge is -2.18. The second-order valence-electron chi connectivity index (χ2n) is 1.88. The number of rotatable bonds is 1. The van der Waals surface area contributed by atoms with E-state index in [2.05, 4.69) is 15.3 Å². The molecule has 1 unspecified atom stereocenters. The topological polar surface area (TPSA) is 36.8 Å². The van der Waals surface area contributed by atoms with E-state index < -0.39 is 5.12 Å². The Balaban J connectivity index is 2.78. The molecular weight excluding hydrogens is 173 g/mol. The number of nitrogens with zero attached hydrogens (tertiary/aromatic N) is 2. The molecular formula is C5H7Cl2N3. The largest absolute Gasteiger partial charge is 0.322 e. The summed E-state index contributed by atoms with van der Waals surface area (Å²) in [6.07, 6.45) is 2.08. The van der Waals surface area contributed by atoms with Crippen LogP contribution in [0.2, 0.25) is 0 Å². The van der Waals surface area contributed by atoms with E-state index in [0.29, 0.717) is 6.42 Å². The zero-order valence-electron chi connectivity index (χ0n) is 5.43. The highest BCUT2D eigenvalue weighted by Gasteiger charge is 2.24. The highest BCUT2D eigenvalue weighted by atomic mass is 35.5. The quantitative estimate of drug-likeness (QED) is 0.482. The number of aliphatic imine (C=N–C) groups is 2. The second kappa shape index (κ2) is 2.76. The Morgan fingerprint density at radius 3 is 2.90 bits per heavy atom. The van der Waals surface area contributed by atoms with E-state index in [-0.39, 0.29) is 5.29 Å². The van der Waals surface area contributed by atoms with E-state index in [4.69, 9.17) is 23.2 Å². The van der Waals surface area contributed by atoms with Crippen LogP contribution >= 0.6 is 23.2 Å². The molecule has 0 aromatic heterocycles. The summed E-state index contributed by atoms with van der Waals surface area (Å²) in [7, 11) is 0. The maximum Gasteiger partial charge on any atom is 0.229 e. The summed E-state index contributed by atoms with van der Waals surface area (Å²) < 4.78 is 0. The predicted octanol–water partition coefficient (Wildman–Crippen LogP) is 1.52. The lowest BCUT2D eigenvalue weighted by molar-refractivity contribution is 0.606. The van der Waals surface area contributed by atoms with Crippen molar-refractivity contribution in [2.45, 2.75) is 18.5 Å². The van der Waals surface area contributed by atoms with Crippen LogP contribution in [0.3, 0.4) is 0 Å². The van der Waals surface area contributed by atoms with E-state index in [1.54, 1.807) is 0 Å². The first-order valence-corrected chi connectivity index (χ1v) is 3.66. The summed E-state index contributed by atoms with van der Waals surface area (Å²) >= 11 is 11.4. The van der Waals surface area contributed by atoms with Crippen LogP contribution in [0.5, 0.6) is 0 Å². The molecule has 0 aliphatic carbocycles. The van der Waals surface area contributed by atoms with E-state index in [1.165, 1.54) is 6.34 Å². The van der Waals surface area contributed by atoms with Crippen molar-refractivity contribution < 1.29 is 0 Å². The minimum Gasteiger partial charge on any atom is -0.322 e. The van der Waals surface area contributed by atoms with Crippen molar-refractivity contribution in [1.29, 1.82) is 0 Å². The van der Waals surface area contributed by atoms with Gasteiger partial charge in [0.05, 0.1) is 6.34 Å². The smallest absolute Gasteiger partial charge is 0.229 e. The first kappa shape index (κ1) is 7.82. The Hall–Kier alpha value is -0.280. The van der Waals surface area contributed by atoms with Crippen LogP contribution in [-0.2, 0) is 0 Å². The number of nitrogens with one attached hydrogen (secondary N) is 1. The average molecular weight is 180 g/mol. The van der Waals surface area contributed by atoms with Gasteiger partial charge in [-0.05, 0) is 11.6 Å². The molecule has 0 bridgehead atoms. The highest BCUT2D eigenvalue weighted by molar-refractivity contribution is 6.66. The molecule has 0 aromatic carbocycles. The molecule has 1 rings (SSSR count). The van der Waals surface area contributed by atoms with Gasteiger partial charge in [-0.25, -0.2) is 9.98 Å². The third kappa shape index (κ3) is 1.61. The third-order valence-electron chi connectivity index (χ3n) is 1.17. The van der Waals surface area contributed by atoms with Crippen LogP contribution < -0.4 is 5.32 Å². The molecule has 5 heteroatoms. The van der Waals surface area contributed by atoms with Gasteiger partial charge in [-0.1, -0.05) is 18.5 Å². The van der Waals surface area contributed by atoms with Crippen molar-refractivity contribution in [3.63, 3.8) is 0 Å². The van der Waals surface area contributed by atoms with Gasteiger partial charge in [-0.15, -0.1) is 0 Å². The molecule has 1 aliphatic rings. The molecule has 0 aromatic rings. The van der Waals surface area contributed by atoms with Crippen LogP contribution in [0.15, 0.2) is 9.98 Å². The first-order valence-electron chi connectivity index (χ1n) is 2.91. The molecule has 1 atom stereocenters. The minimum absolute atomic E-state index is 0.284. The van der Waals surface area contributed by atoms with Crippen molar-refractivity contribution in [2.24, 2.45) is 9.98 Å². The molecule has 10 heavy (non-hydrogen) atoms. The zero-order valence-corrected chi connectivity index (χ0v) is 6.95. The normalized spacial score (nSPS) is 31.3. The molecule has 0 spiro atoms. The van der Waals surface area contributed by atoms with Gasteiger partial charge in [0.1, 0.15) is 0 Å². The second-order valence-corrected chi connectivity index (χ2v) is 2.84. The maximum atomic E-state index is 5.84. The number of hydrogen-bond acceptors (Lipinski definition) is 3. The van der Waals surface area contributed by atoms with Gasteiger partial charge in [0.2, 0.25) is 5.12 Å². The standard InChI is InChI=1S/C5H7Cl2N3/c1-2-5(7)9-3-8-4(6)10-5/h3H,2H2,1H3,(H,8,9,10). The van der Waals surface area contributed by atoms with Gasteiger partial charge >= 0.3 is 0 Å². The van der Waals surface area contributed by atoms with Gasteiger partial charge in [-0.2, -0.15) is 0 Å². The Bertz CT molecular complexity index is 189. The summed E-state index contributed by atoms with van der Waals surface area (Å²) in [5.74, 6) is 0. The van der Waals surface area contributed by atoms with Crippen LogP contribution in [0, 0.1) is 0 Å². The molecule has 0 fully saturated rings. The van der Waals surface area contributed by atoms with Crippen molar-refractivity contribution in [1.82, 2.24) is 5.32 Å². The van der Waals surface area contributed by atoms with E-state index in [9.17, 15) is 0 Å². The summed E-state index contributed by atoms with van der Waals surface area (Å²) in [6, 6.07) is 0. The molecule has 1 N–H and O–H groups in total. The van der Waals surface area contributed by atoms with Gasteiger partial charge in [-0.3, -0.25) is 0 Å². The maximum absolute atomic E-state index is 5.84. The van der Waals surface area contributed by atoms with Gasteiger partial charge < -0.3 is 5.32 Å². The summed E-state index contributed by atoms with van der Waals surface area (Å²) in [5.41, 5.74) is 0.